The molecule has 1 aromatic heterocycles. The van der Waals surface area contributed by atoms with Crippen LogP contribution in [-0.4, -0.2) is 40.7 Å². The lowest BCUT2D eigenvalue weighted by Gasteiger charge is -2.34. The van der Waals surface area contributed by atoms with Gasteiger partial charge in [0.15, 0.2) is 0 Å². The van der Waals surface area contributed by atoms with Crippen molar-refractivity contribution in [2.24, 2.45) is 0 Å². The highest BCUT2D eigenvalue weighted by atomic mass is 16.6. The first-order chi connectivity index (χ1) is 9.85. The third-order valence-corrected chi connectivity index (χ3v) is 3.55. The Labute approximate surface area is 126 Å². The Kier molecular flexibility index (Phi) is 4.70. The molecule has 0 aliphatic carbocycles. The number of aryl methyl sites for hydroxylation is 1. The van der Waals surface area contributed by atoms with Crippen LogP contribution in [0.15, 0.2) is 18.5 Å². The number of piperidine rings is 1. The third kappa shape index (κ3) is 4.62. The lowest BCUT2D eigenvalue weighted by atomic mass is 10.0. The summed E-state index contributed by atoms with van der Waals surface area (Å²) in [7, 11) is 0. The van der Waals surface area contributed by atoms with Crippen molar-refractivity contribution < 1.29 is 9.53 Å². The smallest absolute Gasteiger partial charge is 0.410 e. The van der Waals surface area contributed by atoms with E-state index in [-0.39, 0.29) is 6.09 Å². The Morgan fingerprint density at radius 1 is 1.38 bits per heavy atom. The van der Waals surface area contributed by atoms with Crippen molar-refractivity contribution in [1.82, 2.24) is 9.88 Å². The Bertz CT molecular complexity index is 489. The zero-order chi connectivity index (χ0) is 15.5. The molecule has 0 spiro atoms. The van der Waals surface area contributed by atoms with Crippen molar-refractivity contribution in [3.63, 3.8) is 0 Å². The number of carbonyl (C=O) groups excluding carboxylic acids is 1. The fourth-order valence-corrected chi connectivity index (χ4v) is 2.37. The van der Waals surface area contributed by atoms with Gasteiger partial charge < -0.3 is 15.0 Å². The van der Waals surface area contributed by atoms with Crippen molar-refractivity contribution in [3.05, 3.63) is 24.0 Å². The van der Waals surface area contributed by atoms with E-state index >= 15 is 0 Å². The first-order valence-electron chi connectivity index (χ1n) is 7.50. The lowest BCUT2D eigenvalue weighted by molar-refractivity contribution is 0.0210. The minimum absolute atomic E-state index is 0.210. The molecule has 0 saturated carbocycles. The Morgan fingerprint density at radius 2 is 2.05 bits per heavy atom. The number of carbonyl (C=O) groups is 1. The maximum absolute atomic E-state index is 12.0. The maximum Gasteiger partial charge on any atom is 0.410 e. The molecule has 2 heterocycles. The summed E-state index contributed by atoms with van der Waals surface area (Å²) in [5.41, 5.74) is 1.84. The zero-order valence-corrected chi connectivity index (χ0v) is 13.3. The van der Waals surface area contributed by atoms with Crippen LogP contribution in [0, 0.1) is 6.92 Å². The number of pyridine rings is 1. The first kappa shape index (κ1) is 15.6. The second-order valence-electron chi connectivity index (χ2n) is 6.58. The van der Waals surface area contributed by atoms with Crippen molar-refractivity contribution in [3.8, 4) is 0 Å². The molecule has 0 unspecified atom stereocenters. The Morgan fingerprint density at radius 3 is 2.62 bits per heavy atom. The highest BCUT2D eigenvalue weighted by Gasteiger charge is 2.26. The third-order valence-electron chi connectivity index (χ3n) is 3.55. The van der Waals surface area contributed by atoms with Crippen LogP contribution in [0.25, 0.3) is 0 Å². The number of amides is 1. The van der Waals surface area contributed by atoms with Crippen LogP contribution in [0.2, 0.25) is 0 Å². The van der Waals surface area contributed by atoms with Gasteiger partial charge in [0, 0.05) is 25.3 Å². The minimum Gasteiger partial charge on any atom is -0.444 e. The number of rotatable bonds is 2. The maximum atomic E-state index is 12.0. The molecular weight excluding hydrogens is 266 g/mol. The van der Waals surface area contributed by atoms with Gasteiger partial charge in [-0.1, -0.05) is 0 Å². The number of hydrogen-bond acceptors (Lipinski definition) is 4. The number of nitrogens with one attached hydrogen (secondary N) is 1. The van der Waals surface area contributed by atoms with Gasteiger partial charge in [0.25, 0.3) is 0 Å². The van der Waals surface area contributed by atoms with Crippen molar-refractivity contribution in [1.29, 1.82) is 0 Å². The minimum atomic E-state index is -0.432. The fourth-order valence-electron chi connectivity index (χ4n) is 2.37. The molecular formula is C16H25N3O2. The normalized spacial score (nSPS) is 16.7. The first-order valence-corrected chi connectivity index (χ1v) is 7.50. The van der Waals surface area contributed by atoms with Crippen molar-refractivity contribution in [2.75, 3.05) is 18.4 Å². The monoisotopic (exact) mass is 291 g/mol. The highest BCUT2D eigenvalue weighted by Crippen LogP contribution is 2.20. The number of anilines is 1. The molecule has 0 aromatic carbocycles. The summed E-state index contributed by atoms with van der Waals surface area (Å²) < 4.78 is 5.41. The van der Waals surface area contributed by atoms with Crippen LogP contribution in [-0.2, 0) is 4.74 Å². The van der Waals surface area contributed by atoms with Crippen LogP contribution < -0.4 is 5.32 Å². The molecule has 0 bridgehead atoms. The van der Waals surface area contributed by atoms with Gasteiger partial charge >= 0.3 is 6.09 Å². The number of likely N-dealkylation sites (tertiary alicyclic amines) is 1. The molecule has 2 rings (SSSR count). The molecule has 1 saturated heterocycles. The van der Waals surface area contributed by atoms with Crippen LogP contribution >= 0.6 is 0 Å². The van der Waals surface area contributed by atoms with Gasteiger partial charge in [0.05, 0.1) is 11.9 Å². The van der Waals surface area contributed by atoms with Gasteiger partial charge in [-0.3, -0.25) is 4.98 Å². The van der Waals surface area contributed by atoms with E-state index in [0.29, 0.717) is 6.04 Å². The summed E-state index contributed by atoms with van der Waals surface area (Å²) in [4.78, 5) is 17.9. The summed E-state index contributed by atoms with van der Waals surface area (Å²) in [6.45, 7) is 9.21. The topological polar surface area (TPSA) is 54.5 Å². The van der Waals surface area contributed by atoms with Crippen LogP contribution in [0.4, 0.5) is 10.5 Å². The van der Waals surface area contributed by atoms with Gasteiger partial charge in [-0.25, -0.2) is 4.79 Å². The molecule has 1 amide bonds. The van der Waals surface area contributed by atoms with Crippen molar-refractivity contribution >= 4 is 11.8 Å². The van der Waals surface area contributed by atoms with Gasteiger partial charge in [-0.2, -0.15) is 0 Å². The van der Waals surface area contributed by atoms with Crippen LogP contribution in [0.1, 0.15) is 39.2 Å². The molecule has 21 heavy (non-hydrogen) atoms. The molecule has 0 radical (unpaired) electrons. The molecule has 5 heteroatoms. The Hall–Kier alpha value is -1.78. The van der Waals surface area contributed by atoms with Gasteiger partial charge in [-0.15, -0.1) is 0 Å². The Balaban J connectivity index is 1.83. The van der Waals surface area contributed by atoms with Crippen molar-refractivity contribution in [2.45, 2.75) is 52.2 Å². The molecule has 1 fully saturated rings. The zero-order valence-electron chi connectivity index (χ0n) is 13.3. The predicted octanol–water partition coefficient (Wildman–Crippen LogP) is 3.20. The summed E-state index contributed by atoms with van der Waals surface area (Å²) in [5, 5.41) is 3.52. The summed E-state index contributed by atoms with van der Waals surface area (Å²) in [5.74, 6) is 0. The largest absolute Gasteiger partial charge is 0.444 e. The van der Waals surface area contributed by atoms with Crippen LogP contribution in [0.3, 0.4) is 0 Å². The molecule has 116 valence electrons. The molecule has 0 atom stereocenters. The van der Waals surface area contributed by atoms with E-state index in [1.165, 1.54) is 5.56 Å². The van der Waals surface area contributed by atoms with Gasteiger partial charge in [-0.05, 0) is 52.2 Å². The molecule has 5 nitrogen and oxygen atoms in total. The fraction of sp³-hybridized carbons (Fsp3) is 0.625. The lowest BCUT2D eigenvalue weighted by Crippen LogP contribution is -2.44. The molecule has 1 aromatic rings. The molecule has 1 aliphatic heterocycles. The van der Waals surface area contributed by atoms with E-state index in [0.717, 1.165) is 31.6 Å². The number of nitrogens with zero attached hydrogens (tertiary/aromatic N) is 2. The summed E-state index contributed by atoms with van der Waals surface area (Å²) in [6.07, 6.45) is 5.29. The summed E-state index contributed by atoms with van der Waals surface area (Å²) >= 11 is 0. The summed E-state index contributed by atoms with van der Waals surface area (Å²) in [6, 6.07) is 2.38. The quantitative estimate of drug-likeness (QED) is 0.909. The highest BCUT2D eigenvalue weighted by molar-refractivity contribution is 5.68. The average molecular weight is 291 g/mol. The van der Waals surface area contributed by atoms with E-state index in [1.54, 1.807) is 11.1 Å². The van der Waals surface area contributed by atoms with E-state index in [1.807, 2.05) is 33.0 Å². The van der Waals surface area contributed by atoms with E-state index < -0.39 is 5.60 Å². The van der Waals surface area contributed by atoms with Gasteiger partial charge in [0.1, 0.15) is 5.60 Å². The molecule has 1 N–H and O–H groups in total. The van der Waals surface area contributed by atoms with Gasteiger partial charge in [0.2, 0.25) is 0 Å². The SMILES string of the molecule is Cc1ccncc1NC1CCN(C(=O)OC(C)(C)C)CC1. The van der Waals surface area contributed by atoms with E-state index in [9.17, 15) is 4.79 Å². The van der Waals surface area contributed by atoms with E-state index in [2.05, 4.69) is 17.2 Å². The molecule has 1 aliphatic rings. The second-order valence-corrected chi connectivity index (χ2v) is 6.58. The number of aromatic nitrogens is 1. The standard InChI is InChI=1S/C16H25N3O2/c1-12-5-8-17-11-14(12)18-13-6-9-19(10-7-13)15(20)21-16(2,3)4/h5,8,11,13,18H,6-7,9-10H2,1-4H3. The predicted molar refractivity (Wildman–Crippen MR) is 83.4 cm³/mol. The number of ether oxygens (including phenoxy) is 1. The van der Waals surface area contributed by atoms with Crippen LogP contribution in [0.5, 0.6) is 0 Å². The average Bonchev–Trinajstić information content (AvgIpc) is 2.40. The number of hydrogen-bond donors (Lipinski definition) is 1. The second kappa shape index (κ2) is 6.33. The van der Waals surface area contributed by atoms with E-state index in [4.69, 9.17) is 4.74 Å².